The van der Waals surface area contributed by atoms with Crippen molar-refractivity contribution in [1.29, 1.82) is 0 Å². The van der Waals surface area contributed by atoms with Gasteiger partial charge in [0, 0.05) is 25.4 Å². The molecule has 0 saturated carbocycles. The molecular formula is C28H49N3O10SSi2. The van der Waals surface area contributed by atoms with Crippen molar-refractivity contribution < 1.29 is 36.1 Å². The minimum Gasteiger partial charge on any atom is -0.481 e. The second-order valence-electron chi connectivity index (χ2n) is 14.7. The quantitative estimate of drug-likeness (QED) is 0.277. The molecule has 0 radical (unpaired) electrons. The Labute approximate surface area is 261 Å². The average molecular weight is 676 g/mol. The molecule has 1 fully saturated rings. The normalized spacial score (nSPS) is 25.8. The fourth-order valence-electron chi connectivity index (χ4n) is 4.69. The summed E-state index contributed by atoms with van der Waals surface area (Å²) in [5.74, 6) is -1.08. The Morgan fingerprint density at radius 1 is 1.09 bits per heavy atom. The Morgan fingerprint density at radius 2 is 1.66 bits per heavy atom. The van der Waals surface area contributed by atoms with E-state index in [0.29, 0.717) is 0 Å². The monoisotopic (exact) mass is 675 g/mol. The Bertz CT molecular complexity index is 1540. The first-order chi connectivity index (χ1) is 19.8. The van der Waals surface area contributed by atoms with Gasteiger partial charge in [0.25, 0.3) is 15.7 Å². The van der Waals surface area contributed by atoms with Gasteiger partial charge in [-0.15, -0.1) is 0 Å². The summed E-state index contributed by atoms with van der Waals surface area (Å²) in [5.41, 5.74) is -2.69. The number of hydrogen-bond acceptors (Lipinski definition) is 10. The highest BCUT2D eigenvalue weighted by Crippen LogP contribution is 2.52. The third-order valence-corrected chi connectivity index (χ3v) is 19.4. The molecule has 1 aromatic rings. The van der Waals surface area contributed by atoms with Crippen molar-refractivity contribution >= 4 is 32.7 Å². The number of nitrogens with zero attached hydrogens (tertiary/aromatic N) is 2. The number of ether oxygens (including phenoxy) is 1. The fourth-order valence-corrected chi connectivity index (χ4v) is 8.25. The average Bonchev–Trinajstić information content (AvgIpc) is 3.29. The van der Waals surface area contributed by atoms with E-state index in [-0.39, 0.29) is 40.9 Å². The Balaban J connectivity index is 2.33. The summed E-state index contributed by atoms with van der Waals surface area (Å²) < 4.78 is 54.8. The predicted molar refractivity (Wildman–Crippen MR) is 171 cm³/mol. The number of rotatable bonds is 10. The summed E-state index contributed by atoms with van der Waals surface area (Å²) >= 11 is 0. The lowest BCUT2D eigenvalue weighted by Gasteiger charge is -2.44. The molecule has 250 valence electrons. The highest BCUT2D eigenvalue weighted by Gasteiger charge is 2.68. The van der Waals surface area contributed by atoms with Crippen LogP contribution in [0, 0.1) is 6.92 Å². The number of carbonyl (C=O) groups is 1. The van der Waals surface area contributed by atoms with Gasteiger partial charge in [0.1, 0.15) is 12.2 Å². The summed E-state index contributed by atoms with van der Waals surface area (Å²) in [7, 11) is -8.14. The van der Waals surface area contributed by atoms with Gasteiger partial charge in [0.15, 0.2) is 28.5 Å². The molecule has 16 heteroatoms. The van der Waals surface area contributed by atoms with Gasteiger partial charge < -0.3 is 24.0 Å². The number of carboxylic acids is 1. The van der Waals surface area contributed by atoms with Crippen molar-refractivity contribution in [2.24, 2.45) is 7.05 Å². The van der Waals surface area contributed by atoms with Crippen LogP contribution >= 0.6 is 0 Å². The summed E-state index contributed by atoms with van der Waals surface area (Å²) in [4.78, 5) is 37.6. The molecule has 2 aliphatic rings. The van der Waals surface area contributed by atoms with Crippen molar-refractivity contribution in [3.63, 3.8) is 0 Å². The van der Waals surface area contributed by atoms with Gasteiger partial charge in [-0.1, -0.05) is 41.5 Å². The van der Waals surface area contributed by atoms with Gasteiger partial charge in [0.2, 0.25) is 0 Å². The van der Waals surface area contributed by atoms with Gasteiger partial charge in [0.05, 0.1) is 24.1 Å². The summed E-state index contributed by atoms with van der Waals surface area (Å²) in [5, 5.41) is 12.7. The number of aryl methyl sites for hydroxylation is 1. The SMILES string of the molecule is Cc1cn([C@@H]2O[C@H](CO[Si](C)(C)C(C)(C)C)[C@@]3(OS(=O)(=O)C=C3NCCC(=O)O)[C@H]2O[Si](C)(C)C(C)(C)C)c(=O)n(C)c1=O. The van der Waals surface area contributed by atoms with Gasteiger partial charge in [-0.3, -0.25) is 18.7 Å². The molecular weight excluding hydrogens is 627 g/mol. The largest absolute Gasteiger partial charge is 0.481 e. The maximum Gasteiger partial charge on any atom is 0.332 e. The molecule has 1 aromatic heterocycles. The molecule has 4 atom stereocenters. The minimum absolute atomic E-state index is 0.0587. The van der Waals surface area contributed by atoms with Crippen LogP contribution in [0.5, 0.6) is 0 Å². The Hall–Kier alpha value is -2.09. The van der Waals surface area contributed by atoms with Crippen molar-refractivity contribution in [1.82, 2.24) is 14.5 Å². The predicted octanol–water partition coefficient (Wildman–Crippen LogP) is 3.17. The third kappa shape index (κ3) is 6.85. The van der Waals surface area contributed by atoms with Crippen LogP contribution in [0.15, 0.2) is 26.9 Å². The van der Waals surface area contributed by atoms with Crippen LogP contribution in [0.3, 0.4) is 0 Å². The van der Waals surface area contributed by atoms with E-state index < -0.39 is 68.0 Å². The smallest absolute Gasteiger partial charge is 0.332 e. The van der Waals surface area contributed by atoms with Gasteiger partial charge in [-0.25, -0.2) is 8.98 Å². The van der Waals surface area contributed by atoms with E-state index in [4.69, 9.17) is 17.8 Å². The third-order valence-electron chi connectivity index (χ3n) is 9.44. The summed E-state index contributed by atoms with van der Waals surface area (Å²) in [6.07, 6.45) is -2.47. The topological polar surface area (TPSA) is 164 Å². The minimum atomic E-state index is -4.32. The van der Waals surface area contributed by atoms with Crippen LogP contribution in [0.25, 0.3) is 0 Å². The molecule has 0 aliphatic carbocycles. The van der Waals surface area contributed by atoms with Crippen LogP contribution in [0.4, 0.5) is 0 Å². The lowest BCUT2D eigenvalue weighted by molar-refractivity contribution is -0.136. The molecule has 44 heavy (non-hydrogen) atoms. The highest BCUT2D eigenvalue weighted by molar-refractivity contribution is 7.90. The maximum absolute atomic E-state index is 13.6. The molecule has 3 heterocycles. The summed E-state index contributed by atoms with van der Waals surface area (Å²) in [6, 6.07) is 0. The first-order valence-electron chi connectivity index (χ1n) is 14.7. The molecule has 2 N–H and O–H groups in total. The Morgan fingerprint density at radius 3 is 2.18 bits per heavy atom. The number of aliphatic carboxylic acids is 1. The number of nitrogens with one attached hydrogen (secondary N) is 1. The van der Waals surface area contributed by atoms with Crippen LogP contribution in [0.2, 0.25) is 36.3 Å². The van der Waals surface area contributed by atoms with Crippen molar-refractivity contribution in [3.05, 3.63) is 43.7 Å². The van der Waals surface area contributed by atoms with Gasteiger partial charge in [-0.05, 0) is 43.2 Å². The number of aromatic nitrogens is 2. The zero-order valence-electron chi connectivity index (χ0n) is 27.9. The molecule has 0 aromatic carbocycles. The number of carboxylic acid groups (broad SMARTS) is 1. The van der Waals surface area contributed by atoms with E-state index in [1.807, 2.05) is 47.0 Å². The second-order valence-corrected chi connectivity index (χ2v) is 25.7. The second kappa shape index (κ2) is 11.9. The van der Waals surface area contributed by atoms with Crippen molar-refractivity contribution in [2.45, 2.75) is 115 Å². The maximum atomic E-state index is 13.6. The molecule has 3 rings (SSSR count). The molecule has 0 unspecified atom stereocenters. The molecule has 0 bridgehead atoms. The lowest BCUT2D eigenvalue weighted by Crippen LogP contribution is -2.60. The fraction of sp³-hybridized carbons (Fsp3) is 0.750. The van der Waals surface area contributed by atoms with E-state index in [2.05, 4.69) is 26.1 Å². The molecule has 0 amide bonds. The number of hydrogen-bond donors (Lipinski definition) is 2. The van der Waals surface area contributed by atoms with Crippen LogP contribution in [0.1, 0.15) is 59.8 Å². The van der Waals surface area contributed by atoms with Crippen LogP contribution in [-0.2, 0) is 39.7 Å². The lowest BCUT2D eigenvalue weighted by atomic mass is 9.89. The first kappa shape index (κ1) is 36.4. The van der Waals surface area contributed by atoms with E-state index in [0.717, 1.165) is 9.98 Å². The van der Waals surface area contributed by atoms with E-state index in [1.54, 1.807) is 6.92 Å². The van der Waals surface area contributed by atoms with E-state index in [1.165, 1.54) is 17.8 Å². The first-order valence-corrected chi connectivity index (χ1v) is 22.0. The van der Waals surface area contributed by atoms with Crippen molar-refractivity contribution in [2.75, 3.05) is 13.2 Å². The molecule has 1 spiro atoms. The Kier molecular flexibility index (Phi) is 9.87. The van der Waals surface area contributed by atoms with E-state index >= 15 is 0 Å². The summed E-state index contributed by atoms with van der Waals surface area (Å²) in [6.45, 7) is 21.7. The standard InChI is InChI=1S/C28H49N3O10SSi2/c1-18-15-31(25(35)30(8)23(18)34)24-22(40-44(11,12)27(5,6)7)28(20(39-24)16-38-43(9,10)26(2,3)4)19(17-42(36,37)41-28)29-14-13-21(32)33/h15,17,20,22,24,29H,13-14,16H2,1-12H3,(H,32,33)/t20-,22+,24-,28-/m1/s1. The molecule has 13 nitrogen and oxygen atoms in total. The molecule has 2 aliphatic heterocycles. The van der Waals surface area contributed by atoms with Gasteiger partial charge >= 0.3 is 11.7 Å². The highest BCUT2D eigenvalue weighted by atomic mass is 32.2. The van der Waals surface area contributed by atoms with Gasteiger partial charge in [-0.2, -0.15) is 8.42 Å². The molecule has 1 saturated heterocycles. The van der Waals surface area contributed by atoms with E-state index in [9.17, 15) is 27.9 Å². The van der Waals surface area contributed by atoms with Crippen molar-refractivity contribution in [3.8, 4) is 0 Å². The zero-order chi connectivity index (χ0) is 33.8. The van der Waals surface area contributed by atoms with Crippen LogP contribution in [-0.4, -0.2) is 76.2 Å². The zero-order valence-corrected chi connectivity index (χ0v) is 30.7. The van der Waals surface area contributed by atoms with Crippen LogP contribution < -0.4 is 16.6 Å².